The molecule has 2 aliphatic carbocycles. The second-order valence-electron chi connectivity index (χ2n) is 7.02. The van der Waals surface area contributed by atoms with Gasteiger partial charge in [-0.1, -0.05) is 11.6 Å². The van der Waals surface area contributed by atoms with Crippen LogP contribution in [-0.4, -0.2) is 29.2 Å². The summed E-state index contributed by atoms with van der Waals surface area (Å²) < 4.78 is 0. The Labute approximate surface area is 145 Å². The Balaban J connectivity index is 1.36. The first-order chi connectivity index (χ1) is 11.5. The molecule has 1 aromatic rings. The zero-order chi connectivity index (χ0) is 16.8. The molecule has 126 valence electrons. The van der Waals surface area contributed by atoms with E-state index in [-0.39, 0.29) is 42.5 Å². The number of benzene rings is 1. The van der Waals surface area contributed by atoms with Crippen molar-refractivity contribution in [2.24, 2.45) is 23.7 Å². The van der Waals surface area contributed by atoms with Crippen LogP contribution >= 0.6 is 11.6 Å². The largest absolute Gasteiger partial charge is 0.326 e. The average molecular weight is 347 g/mol. The van der Waals surface area contributed by atoms with Gasteiger partial charge in [-0.2, -0.15) is 0 Å². The molecule has 5 nitrogen and oxygen atoms in total. The van der Waals surface area contributed by atoms with Gasteiger partial charge in [0.25, 0.3) is 0 Å². The number of carbonyl (C=O) groups is 3. The van der Waals surface area contributed by atoms with Crippen molar-refractivity contribution in [2.45, 2.75) is 25.7 Å². The van der Waals surface area contributed by atoms with Crippen LogP contribution in [0.15, 0.2) is 24.3 Å². The number of hydrogen-bond donors (Lipinski definition) is 1. The molecule has 6 heteroatoms. The highest BCUT2D eigenvalue weighted by atomic mass is 35.5. The minimum Gasteiger partial charge on any atom is -0.326 e. The maximum absolute atomic E-state index is 12.6. The highest BCUT2D eigenvalue weighted by molar-refractivity contribution is 6.30. The Kier molecular flexibility index (Phi) is 3.83. The van der Waals surface area contributed by atoms with E-state index in [4.69, 9.17) is 11.6 Å². The van der Waals surface area contributed by atoms with Crippen LogP contribution in [0.25, 0.3) is 0 Å². The zero-order valence-corrected chi connectivity index (χ0v) is 14.0. The van der Waals surface area contributed by atoms with Crippen molar-refractivity contribution in [2.75, 3.05) is 11.9 Å². The summed E-state index contributed by atoms with van der Waals surface area (Å²) in [7, 11) is 0. The number of amides is 3. The average Bonchev–Trinajstić information content (AvgIpc) is 3.23. The molecule has 1 aliphatic heterocycles. The number of carbonyl (C=O) groups excluding carboxylic acids is 3. The van der Waals surface area contributed by atoms with Gasteiger partial charge in [0.05, 0.1) is 11.8 Å². The van der Waals surface area contributed by atoms with Crippen molar-refractivity contribution >= 4 is 35.0 Å². The summed E-state index contributed by atoms with van der Waals surface area (Å²) in [6.07, 6.45) is 3.28. The summed E-state index contributed by atoms with van der Waals surface area (Å²) in [5.41, 5.74) is 0.651. The van der Waals surface area contributed by atoms with Crippen molar-refractivity contribution in [1.82, 2.24) is 4.90 Å². The van der Waals surface area contributed by atoms with Gasteiger partial charge in [-0.25, -0.2) is 0 Å². The molecule has 3 amide bonds. The number of nitrogens with zero attached hydrogens (tertiary/aromatic N) is 1. The van der Waals surface area contributed by atoms with Crippen molar-refractivity contribution in [1.29, 1.82) is 0 Å². The molecule has 0 spiro atoms. The van der Waals surface area contributed by atoms with Crippen LogP contribution in [0.3, 0.4) is 0 Å². The lowest BCUT2D eigenvalue weighted by Crippen LogP contribution is -2.35. The zero-order valence-electron chi connectivity index (χ0n) is 13.2. The summed E-state index contributed by atoms with van der Waals surface area (Å²) in [6, 6.07) is 6.83. The first-order valence-electron chi connectivity index (χ1n) is 8.45. The molecule has 4 unspecified atom stereocenters. The predicted molar refractivity (Wildman–Crippen MR) is 89.2 cm³/mol. The molecular weight excluding hydrogens is 328 g/mol. The monoisotopic (exact) mass is 346 g/mol. The fourth-order valence-corrected chi connectivity index (χ4v) is 4.79. The van der Waals surface area contributed by atoms with Gasteiger partial charge in [-0.05, 0) is 55.4 Å². The van der Waals surface area contributed by atoms with E-state index in [9.17, 15) is 14.4 Å². The van der Waals surface area contributed by atoms with Crippen LogP contribution in [0.4, 0.5) is 5.69 Å². The van der Waals surface area contributed by atoms with Gasteiger partial charge in [0.2, 0.25) is 17.7 Å². The molecule has 1 heterocycles. The van der Waals surface area contributed by atoms with E-state index in [0.29, 0.717) is 22.5 Å². The lowest BCUT2D eigenvalue weighted by Gasteiger charge is -2.19. The van der Waals surface area contributed by atoms with E-state index >= 15 is 0 Å². The second-order valence-corrected chi connectivity index (χ2v) is 7.45. The van der Waals surface area contributed by atoms with Gasteiger partial charge >= 0.3 is 0 Å². The summed E-state index contributed by atoms with van der Waals surface area (Å²) in [4.78, 5) is 38.5. The number of halogens is 1. The maximum atomic E-state index is 12.6. The van der Waals surface area contributed by atoms with Crippen LogP contribution in [0.2, 0.25) is 5.02 Å². The second kappa shape index (κ2) is 5.88. The molecule has 2 bridgehead atoms. The number of rotatable bonds is 4. The Bertz CT molecular complexity index is 675. The van der Waals surface area contributed by atoms with Crippen molar-refractivity contribution in [3.63, 3.8) is 0 Å². The number of hydrogen-bond acceptors (Lipinski definition) is 3. The Morgan fingerprint density at radius 2 is 1.67 bits per heavy atom. The molecule has 0 radical (unpaired) electrons. The third kappa shape index (κ3) is 2.51. The molecule has 1 saturated heterocycles. The molecule has 1 aromatic carbocycles. The third-order valence-electron chi connectivity index (χ3n) is 5.71. The van der Waals surface area contributed by atoms with E-state index in [1.807, 2.05) is 0 Å². The summed E-state index contributed by atoms with van der Waals surface area (Å²) in [5, 5.41) is 3.36. The normalized spacial score (nSPS) is 30.8. The minimum atomic E-state index is -0.210. The highest BCUT2D eigenvalue weighted by Gasteiger charge is 2.60. The van der Waals surface area contributed by atoms with E-state index in [1.54, 1.807) is 24.3 Å². The van der Waals surface area contributed by atoms with Crippen LogP contribution in [0, 0.1) is 23.7 Å². The number of anilines is 1. The lowest BCUT2D eigenvalue weighted by atomic mass is 9.81. The fourth-order valence-electron chi connectivity index (χ4n) is 4.66. The number of imide groups is 1. The van der Waals surface area contributed by atoms with Crippen LogP contribution < -0.4 is 5.32 Å². The predicted octanol–water partition coefficient (Wildman–Crippen LogP) is 2.70. The van der Waals surface area contributed by atoms with Crippen LogP contribution in [0.1, 0.15) is 25.7 Å². The van der Waals surface area contributed by atoms with Gasteiger partial charge in [0.1, 0.15) is 0 Å². The minimum absolute atomic E-state index is 0.0588. The first kappa shape index (κ1) is 15.6. The standard InChI is InChI=1S/C18H19ClN2O3/c19-12-3-5-13(6-4-12)20-14(22)7-8-21-17(23)15-10-1-2-11(9-10)16(15)18(21)24/h3-6,10-11,15-16H,1-2,7-9H2,(H,20,22). The molecule has 3 aliphatic rings. The molecule has 2 saturated carbocycles. The van der Waals surface area contributed by atoms with Gasteiger partial charge in [0, 0.05) is 23.7 Å². The molecule has 4 rings (SSSR count). The summed E-state index contributed by atoms with van der Waals surface area (Å²) in [5.74, 6) is 0.200. The maximum Gasteiger partial charge on any atom is 0.233 e. The molecule has 1 N–H and O–H groups in total. The van der Waals surface area contributed by atoms with E-state index in [1.165, 1.54) is 4.90 Å². The number of fused-ring (bicyclic) bond motifs is 5. The molecule has 3 fully saturated rings. The van der Waals surface area contributed by atoms with Gasteiger partial charge in [0.15, 0.2) is 0 Å². The lowest BCUT2D eigenvalue weighted by molar-refractivity contribution is -0.140. The van der Waals surface area contributed by atoms with E-state index in [0.717, 1.165) is 19.3 Å². The first-order valence-corrected chi connectivity index (χ1v) is 8.83. The third-order valence-corrected chi connectivity index (χ3v) is 5.96. The molecule has 0 aromatic heterocycles. The molecule has 24 heavy (non-hydrogen) atoms. The fraction of sp³-hybridized carbons (Fsp3) is 0.500. The van der Waals surface area contributed by atoms with Crippen molar-refractivity contribution < 1.29 is 14.4 Å². The SMILES string of the molecule is O=C(CCN1C(=O)C2C3CCC(C3)C2C1=O)Nc1ccc(Cl)cc1. The van der Waals surface area contributed by atoms with Crippen LogP contribution in [-0.2, 0) is 14.4 Å². The van der Waals surface area contributed by atoms with Gasteiger partial charge in [-0.3, -0.25) is 19.3 Å². The topological polar surface area (TPSA) is 66.5 Å². The quantitative estimate of drug-likeness (QED) is 0.852. The molecular formula is C18H19ClN2O3. The van der Waals surface area contributed by atoms with Crippen molar-refractivity contribution in [3.05, 3.63) is 29.3 Å². The Morgan fingerprint density at radius 3 is 2.25 bits per heavy atom. The van der Waals surface area contributed by atoms with Crippen LogP contribution in [0.5, 0.6) is 0 Å². The summed E-state index contributed by atoms with van der Waals surface area (Å²) >= 11 is 5.81. The van der Waals surface area contributed by atoms with E-state index < -0.39 is 0 Å². The summed E-state index contributed by atoms with van der Waals surface area (Å²) in [6.45, 7) is 0.170. The number of likely N-dealkylation sites (tertiary alicyclic amines) is 1. The highest BCUT2D eigenvalue weighted by Crippen LogP contribution is 2.56. The Morgan fingerprint density at radius 1 is 1.08 bits per heavy atom. The smallest absolute Gasteiger partial charge is 0.233 e. The number of nitrogens with one attached hydrogen (secondary N) is 1. The van der Waals surface area contributed by atoms with Gasteiger partial charge in [-0.15, -0.1) is 0 Å². The van der Waals surface area contributed by atoms with Gasteiger partial charge < -0.3 is 5.32 Å². The van der Waals surface area contributed by atoms with E-state index in [2.05, 4.69) is 5.32 Å². The Hall–Kier alpha value is -1.88. The molecule has 4 atom stereocenters. The van der Waals surface area contributed by atoms with Crippen molar-refractivity contribution in [3.8, 4) is 0 Å².